The van der Waals surface area contributed by atoms with Crippen molar-refractivity contribution in [1.29, 1.82) is 0 Å². The summed E-state index contributed by atoms with van der Waals surface area (Å²) < 4.78 is 0. The van der Waals surface area contributed by atoms with E-state index in [4.69, 9.17) is 5.73 Å². The minimum absolute atomic E-state index is 0.0736. The summed E-state index contributed by atoms with van der Waals surface area (Å²) in [4.78, 5) is 2.70. The zero-order valence-corrected chi connectivity index (χ0v) is 12.5. The number of hydrogen-bond acceptors (Lipinski definition) is 2. The lowest BCUT2D eigenvalue weighted by molar-refractivity contribution is -0.0531. The standard InChI is InChI=1S/C17H30N2/c1-17(18)3-2-4-19(11-17)10-16-14-6-12-5-13(8-14)9-15(16)7-12/h12-16H,2-11,18H2,1H3. The Morgan fingerprint density at radius 1 is 1.05 bits per heavy atom. The van der Waals surface area contributed by atoms with Crippen LogP contribution in [0.3, 0.4) is 0 Å². The molecule has 2 heteroatoms. The second-order valence-corrected chi connectivity index (χ2v) is 8.59. The lowest BCUT2D eigenvalue weighted by Gasteiger charge is -2.56. The third kappa shape index (κ3) is 2.35. The molecule has 0 spiro atoms. The maximum atomic E-state index is 6.38. The molecule has 1 aliphatic heterocycles. The molecule has 0 radical (unpaired) electrons. The highest BCUT2D eigenvalue weighted by molar-refractivity contribution is 4.99. The fraction of sp³-hybridized carbons (Fsp3) is 1.00. The van der Waals surface area contributed by atoms with Crippen LogP contribution in [-0.2, 0) is 0 Å². The van der Waals surface area contributed by atoms with Gasteiger partial charge in [-0.1, -0.05) is 0 Å². The van der Waals surface area contributed by atoms with E-state index in [1.165, 1.54) is 25.9 Å². The lowest BCUT2D eigenvalue weighted by Crippen LogP contribution is -2.55. The van der Waals surface area contributed by atoms with Crippen molar-refractivity contribution in [3.05, 3.63) is 0 Å². The van der Waals surface area contributed by atoms with Crippen LogP contribution in [0.5, 0.6) is 0 Å². The molecule has 19 heavy (non-hydrogen) atoms. The van der Waals surface area contributed by atoms with Crippen molar-refractivity contribution in [2.45, 2.75) is 57.4 Å². The number of likely N-dealkylation sites (tertiary alicyclic amines) is 1. The smallest absolute Gasteiger partial charge is 0.0255 e. The Balaban J connectivity index is 1.43. The lowest BCUT2D eigenvalue weighted by atomic mass is 9.52. The van der Waals surface area contributed by atoms with Crippen LogP contribution in [0.4, 0.5) is 0 Å². The number of nitrogens with zero attached hydrogens (tertiary/aromatic N) is 1. The summed E-state index contributed by atoms with van der Waals surface area (Å²) in [6.07, 6.45) is 10.3. The first-order valence-electron chi connectivity index (χ1n) is 8.60. The number of hydrogen-bond donors (Lipinski definition) is 1. The highest BCUT2D eigenvalue weighted by Gasteiger charge is 2.48. The Morgan fingerprint density at radius 2 is 1.68 bits per heavy atom. The minimum Gasteiger partial charge on any atom is -0.324 e. The third-order valence-corrected chi connectivity index (χ3v) is 6.70. The predicted molar refractivity (Wildman–Crippen MR) is 78.8 cm³/mol. The Labute approximate surface area is 118 Å². The molecule has 1 unspecified atom stereocenters. The molecule has 5 rings (SSSR count). The van der Waals surface area contributed by atoms with Gasteiger partial charge >= 0.3 is 0 Å². The Bertz CT molecular complexity index is 321. The molecule has 1 saturated heterocycles. The molecule has 0 aromatic carbocycles. The second kappa shape index (κ2) is 4.46. The van der Waals surface area contributed by atoms with Gasteiger partial charge in [0.15, 0.2) is 0 Å². The van der Waals surface area contributed by atoms with Gasteiger partial charge in [0, 0.05) is 18.6 Å². The summed E-state index contributed by atoms with van der Waals surface area (Å²) in [6.45, 7) is 6.04. The van der Waals surface area contributed by atoms with Gasteiger partial charge in [0.05, 0.1) is 0 Å². The first kappa shape index (κ1) is 12.6. The second-order valence-electron chi connectivity index (χ2n) is 8.59. The fourth-order valence-corrected chi connectivity index (χ4v) is 6.17. The van der Waals surface area contributed by atoms with Crippen LogP contribution in [0, 0.1) is 29.6 Å². The van der Waals surface area contributed by atoms with Crippen molar-refractivity contribution >= 4 is 0 Å². The molecule has 1 heterocycles. The van der Waals surface area contributed by atoms with E-state index in [0.717, 1.165) is 36.1 Å². The highest BCUT2D eigenvalue weighted by Crippen LogP contribution is 2.56. The van der Waals surface area contributed by atoms with Crippen LogP contribution in [0.2, 0.25) is 0 Å². The van der Waals surface area contributed by atoms with E-state index >= 15 is 0 Å². The van der Waals surface area contributed by atoms with Gasteiger partial charge in [-0.05, 0) is 88.0 Å². The maximum absolute atomic E-state index is 6.38. The molecule has 0 amide bonds. The summed E-state index contributed by atoms with van der Waals surface area (Å²) in [6, 6.07) is 0. The molecule has 108 valence electrons. The average molecular weight is 262 g/mol. The van der Waals surface area contributed by atoms with Crippen LogP contribution in [-0.4, -0.2) is 30.1 Å². The molecule has 0 aromatic rings. The van der Waals surface area contributed by atoms with E-state index in [9.17, 15) is 0 Å². The molecule has 4 saturated carbocycles. The molecule has 5 aliphatic rings. The summed E-state index contributed by atoms with van der Waals surface area (Å²) in [7, 11) is 0. The zero-order valence-electron chi connectivity index (χ0n) is 12.5. The average Bonchev–Trinajstić information content (AvgIpc) is 2.31. The highest BCUT2D eigenvalue weighted by atomic mass is 15.2. The summed E-state index contributed by atoms with van der Waals surface area (Å²) in [5.41, 5.74) is 6.45. The SMILES string of the molecule is CC1(N)CCCN(CC2C3CC4CC(C3)CC2C4)C1. The van der Waals surface area contributed by atoms with E-state index in [2.05, 4.69) is 11.8 Å². The molecular weight excluding hydrogens is 232 g/mol. The minimum atomic E-state index is 0.0736. The van der Waals surface area contributed by atoms with Crippen molar-refractivity contribution in [3.63, 3.8) is 0 Å². The van der Waals surface area contributed by atoms with E-state index in [0.29, 0.717) is 0 Å². The van der Waals surface area contributed by atoms with E-state index < -0.39 is 0 Å². The van der Waals surface area contributed by atoms with Gasteiger partial charge in [0.25, 0.3) is 0 Å². The van der Waals surface area contributed by atoms with E-state index in [1.54, 1.807) is 32.1 Å². The molecule has 5 fully saturated rings. The van der Waals surface area contributed by atoms with Crippen LogP contribution in [0.25, 0.3) is 0 Å². The van der Waals surface area contributed by atoms with Gasteiger partial charge in [-0.3, -0.25) is 0 Å². The third-order valence-electron chi connectivity index (χ3n) is 6.70. The summed E-state index contributed by atoms with van der Waals surface area (Å²) in [5.74, 6) is 5.38. The Kier molecular flexibility index (Phi) is 2.97. The van der Waals surface area contributed by atoms with Crippen LogP contribution < -0.4 is 5.73 Å². The molecule has 4 aliphatic carbocycles. The van der Waals surface area contributed by atoms with Crippen LogP contribution >= 0.6 is 0 Å². The van der Waals surface area contributed by atoms with Crippen LogP contribution in [0.1, 0.15) is 51.9 Å². The molecule has 2 N–H and O–H groups in total. The summed E-state index contributed by atoms with van der Waals surface area (Å²) in [5, 5.41) is 0. The van der Waals surface area contributed by atoms with Crippen LogP contribution in [0.15, 0.2) is 0 Å². The maximum Gasteiger partial charge on any atom is 0.0255 e. The number of rotatable bonds is 2. The Morgan fingerprint density at radius 3 is 2.26 bits per heavy atom. The van der Waals surface area contributed by atoms with Gasteiger partial charge in [-0.25, -0.2) is 0 Å². The Hall–Kier alpha value is -0.0800. The normalized spacial score (nSPS) is 53.7. The largest absolute Gasteiger partial charge is 0.324 e. The van der Waals surface area contributed by atoms with Crippen molar-refractivity contribution in [1.82, 2.24) is 4.90 Å². The van der Waals surface area contributed by atoms with Gasteiger partial charge in [0.1, 0.15) is 0 Å². The predicted octanol–water partition coefficient (Wildman–Crippen LogP) is 2.87. The molecule has 0 aromatic heterocycles. The number of nitrogens with two attached hydrogens (primary N) is 1. The summed E-state index contributed by atoms with van der Waals surface area (Å²) >= 11 is 0. The van der Waals surface area contributed by atoms with Crippen molar-refractivity contribution in [2.75, 3.05) is 19.6 Å². The van der Waals surface area contributed by atoms with E-state index in [1.807, 2.05) is 0 Å². The first-order valence-corrected chi connectivity index (χ1v) is 8.60. The molecular formula is C17H30N2. The van der Waals surface area contributed by atoms with Gasteiger partial charge in [-0.15, -0.1) is 0 Å². The fourth-order valence-electron chi connectivity index (χ4n) is 6.17. The van der Waals surface area contributed by atoms with Crippen molar-refractivity contribution in [3.8, 4) is 0 Å². The van der Waals surface area contributed by atoms with E-state index in [-0.39, 0.29) is 5.54 Å². The van der Waals surface area contributed by atoms with Crippen molar-refractivity contribution < 1.29 is 0 Å². The van der Waals surface area contributed by atoms with Gasteiger partial charge in [-0.2, -0.15) is 0 Å². The van der Waals surface area contributed by atoms with Gasteiger partial charge in [0.2, 0.25) is 0 Å². The zero-order chi connectivity index (χ0) is 13.0. The monoisotopic (exact) mass is 262 g/mol. The topological polar surface area (TPSA) is 29.3 Å². The quantitative estimate of drug-likeness (QED) is 0.829. The number of piperidine rings is 1. The van der Waals surface area contributed by atoms with Gasteiger partial charge < -0.3 is 10.6 Å². The molecule has 4 bridgehead atoms. The molecule has 1 atom stereocenters. The molecule has 2 nitrogen and oxygen atoms in total. The first-order chi connectivity index (χ1) is 9.09. The van der Waals surface area contributed by atoms with Crippen molar-refractivity contribution in [2.24, 2.45) is 35.3 Å².